The lowest BCUT2D eigenvalue weighted by Gasteiger charge is -2.50. The highest BCUT2D eigenvalue weighted by Gasteiger charge is 2.35. The van der Waals surface area contributed by atoms with Crippen LogP contribution in [0, 0.1) is 5.21 Å². The first-order valence-corrected chi connectivity index (χ1v) is 13.5. The van der Waals surface area contributed by atoms with Crippen molar-refractivity contribution in [1.82, 2.24) is 4.90 Å². The molecule has 9 heteroatoms. The zero-order valence-corrected chi connectivity index (χ0v) is 19.2. The van der Waals surface area contributed by atoms with E-state index in [2.05, 4.69) is 4.90 Å². The normalized spacial score (nSPS) is 23.6. The van der Waals surface area contributed by atoms with Gasteiger partial charge in [-0.3, -0.25) is 4.90 Å². The molecule has 2 aliphatic rings. The molecule has 0 aromatic heterocycles. The fourth-order valence-corrected chi connectivity index (χ4v) is 6.63. The third-order valence-corrected chi connectivity index (χ3v) is 8.99. The molecule has 0 radical (unpaired) electrons. The number of piperazine rings is 1. The first kappa shape index (κ1) is 22.6. The topological polar surface area (TPSA) is 97.7 Å². The van der Waals surface area contributed by atoms with E-state index in [0.29, 0.717) is 50.5 Å². The Morgan fingerprint density at radius 2 is 1.87 bits per heavy atom. The second kappa shape index (κ2) is 8.73. The Morgan fingerprint density at radius 1 is 1.16 bits per heavy atom. The van der Waals surface area contributed by atoms with Crippen molar-refractivity contribution in [2.24, 2.45) is 0 Å². The lowest BCUT2D eigenvalue weighted by Crippen LogP contribution is -2.57. The van der Waals surface area contributed by atoms with E-state index < -0.39 is 20.6 Å². The Kier molecular flexibility index (Phi) is 6.35. The Bertz CT molecular complexity index is 1090. The van der Waals surface area contributed by atoms with Gasteiger partial charge in [-0.2, -0.15) is 0 Å². The van der Waals surface area contributed by atoms with E-state index in [9.17, 15) is 17.8 Å². The summed E-state index contributed by atoms with van der Waals surface area (Å²) in [6, 6.07) is 12.4. The number of sulfone groups is 1. The van der Waals surface area contributed by atoms with E-state index in [1.807, 2.05) is 24.3 Å². The highest BCUT2D eigenvalue weighted by molar-refractivity contribution is 7.90. The van der Waals surface area contributed by atoms with Crippen molar-refractivity contribution < 1.29 is 22.4 Å². The van der Waals surface area contributed by atoms with Crippen LogP contribution in [-0.4, -0.2) is 72.9 Å². The summed E-state index contributed by atoms with van der Waals surface area (Å²) < 4.78 is 37.5. The number of fused-ring (bicyclic) bond motifs is 2. The maximum atomic E-state index is 13.4. The Labute approximate surface area is 185 Å². The van der Waals surface area contributed by atoms with Gasteiger partial charge in [0.05, 0.1) is 35.3 Å². The van der Waals surface area contributed by atoms with Gasteiger partial charge in [0.15, 0.2) is 9.84 Å². The summed E-state index contributed by atoms with van der Waals surface area (Å²) in [6.07, 6.45) is 2.27. The first-order chi connectivity index (χ1) is 14.7. The maximum Gasteiger partial charge on any atom is 0.175 e. The number of hydroxylamine groups is 3. The monoisotopic (exact) mass is 464 g/mol. The van der Waals surface area contributed by atoms with Crippen molar-refractivity contribution in [2.45, 2.75) is 33.6 Å². The minimum Gasteiger partial charge on any atom is -0.633 e. The predicted octanol–water partition coefficient (Wildman–Crippen LogP) is 1.87. The van der Waals surface area contributed by atoms with Gasteiger partial charge in [-0.25, -0.2) is 12.6 Å². The molecule has 1 fully saturated rings. The van der Waals surface area contributed by atoms with Gasteiger partial charge in [0.25, 0.3) is 0 Å². The molecule has 0 amide bonds. The molecule has 7 nitrogen and oxygen atoms in total. The molecule has 31 heavy (non-hydrogen) atoms. The second-order valence-electron chi connectivity index (χ2n) is 8.41. The number of aliphatic hydroxyl groups is 1. The smallest absolute Gasteiger partial charge is 0.175 e. The number of nitrogens with zero attached hydrogens (tertiary/aromatic N) is 2. The lowest BCUT2D eigenvalue weighted by atomic mass is 9.96. The minimum absolute atomic E-state index is 0.0127. The van der Waals surface area contributed by atoms with Crippen LogP contribution in [0.2, 0.25) is 0 Å². The number of rotatable bonds is 5. The second-order valence-corrected chi connectivity index (χ2v) is 11.8. The number of benzene rings is 2. The highest BCUT2D eigenvalue weighted by atomic mass is 32.2. The standard InChI is InChI=1S/C22H28N2O5S2/c1-31(28,29)18-7-8-22-19(16-18)20(15-17-5-2-3-6-21(17)30(22)27)23-9-12-24(26,13-10-23)11-4-14-25/h2-3,5-8,16,20,25H,4,9-15H2,1H3/t20-,30+/m1/s1. The van der Waals surface area contributed by atoms with Crippen LogP contribution in [-0.2, 0) is 27.1 Å². The fraction of sp³-hybridized carbons (Fsp3) is 0.455. The summed E-state index contributed by atoms with van der Waals surface area (Å²) in [4.78, 5) is 3.83. The van der Waals surface area contributed by atoms with E-state index in [1.165, 1.54) is 12.3 Å². The average molecular weight is 465 g/mol. The Morgan fingerprint density at radius 3 is 2.55 bits per heavy atom. The van der Waals surface area contributed by atoms with Crippen LogP contribution in [0.5, 0.6) is 0 Å². The molecule has 0 aliphatic carbocycles. The largest absolute Gasteiger partial charge is 0.633 e. The van der Waals surface area contributed by atoms with Gasteiger partial charge >= 0.3 is 0 Å². The quantitative estimate of drug-likeness (QED) is 0.536. The van der Waals surface area contributed by atoms with Gasteiger partial charge in [0.2, 0.25) is 0 Å². The van der Waals surface area contributed by atoms with Gasteiger partial charge in [-0.05, 0) is 41.8 Å². The number of aliphatic hydroxyl groups excluding tert-OH is 1. The molecular weight excluding hydrogens is 436 g/mol. The van der Waals surface area contributed by atoms with Crippen molar-refractivity contribution in [3.05, 3.63) is 58.8 Å². The van der Waals surface area contributed by atoms with E-state index in [-0.39, 0.29) is 22.2 Å². The number of hydrogen-bond acceptors (Lipinski definition) is 6. The Hall–Kier alpha value is -1.62. The molecule has 2 aromatic carbocycles. The fourth-order valence-electron chi connectivity index (χ4n) is 4.54. The van der Waals surface area contributed by atoms with E-state index in [1.54, 1.807) is 12.1 Å². The molecule has 0 bridgehead atoms. The SMILES string of the molecule is CS(=O)(=O)c1ccc2c(c1)[C@H](N1CC[N+]([O-])(CCCO)CC1)Cc1ccccc1[S@@]2=O. The maximum absolute atomic E-state index is 13.4. The van der Waals surface area contributed by atoms with Gasteiger partial charge in [0.1, 0.15) is 0 Å². The Balaban J connectivity index is 1.74. The molecule has 1 N–H and O–H groups in total. The van der Waals surface area contributed by atoms with Crippen LogP contribution in [0.4, 0.5) is 0 Å². The summed E-state index contributed by atoms with van der Waals surface area (Å²) in [7, 11) is -4.81. The third kappa shape index (κ3) is 4.62. The van der Waals surface area contributed by atoms with Gasteiger partial charge < -0.3 is 15.0 Å². The summed E-state index contributed by atoms with van der Waals surface area (Å²) in [6.45, 7) is 2.38. The summed E-state index contributed by atoms with van der Waals surface area (Å²) in [5, 5.41) is 22.0. The lowest BCUT2D eigenvalue weighted by molar-refractivity contribution is -0.885. The molecule has 2 atom stereocenters. The average Bonchev–Trinajstić information content (AvgIpc) is 2.87. The van der Waals surface area contributed by atoms with E-state index >= 15 is 0 Å². The van der Waals surface area contributed by atoms with Crippen LogP contribution in [0.1, 0.15) is 23.6 Å². The zero-order valence-electron chi connectivity index (χ0n) is 17.6. The first-order valence-electron chi connectivity index (χ1n) is 10.5. The van der Waals surface area contributed by atoms with E-state index in [4.69, 9.17) is 5.11 Å². The number of quaternary nitrogens is 1. The summed E-state index contributed by atoms with van der Waals surface area (Å²) >= 11 is 0. The molecule has 0 spiro atoms. The van der Waals surface area contributed by atoms with E-state index in [0.717, 1.165) is 16.0 Å². The van der Waals surface area contributed by atoms with Crippen LogP contribution in [0.25, 0.3) is 0 Å². The molecule has 4 rings (SSSR count). The molecular formula is C22H28N2O5S2. The molecule has 2 aromatic rings. The van der Waals surface area contributed by atoms with Crippen LogP contribution >= 0.6 is 0 Å². The van der Waals surface area contributed by atoms with Crippen molar-refractivity contribution in [2.75, 3.05) is 45.6 Å². The summed E-state index contributed by atoms with van der Waals surface area (Å²) in [5.74, 6) is 0. The molecule has 0 saturated carbocycles. The van der Waals surface area contributed by atoms with Crippen molar-refractivity contribution >= 4 is 20.6 Å². The van der Waals surface area contributed by atoms with Gasteiger partial charge in [0, 0.05) is 48.2 Å². The molecule has 2 aliphatic heterocycles. The van der Waals surface area contributed by atoms with Crippen molar-refractivity contribution in [3.8, 4) is 0 Å². The molecule has 0 unspecified atom stereocenters. The third-order valence-electron chi connectivity index (χ3n) is 6.31. The van der Waals surface area contributed by atoms with Gasteiger partial charge in [-0.15, -0.1) is 0 Å². The summed E-state index contributed by atoms with van der Waals surface area (Å²) in [5.41, 5.74) is 1.75. The number of hydrogen-bond donors (Lipinski definition) is 1. The van der Waals surface area contributed by atoms with Crippen LogP contribution in [0.15, 0.2) is 57.2 Å². The molecule has 2 heterocycles. The molecule has 168 valence electrons. The highest BCUT2D eigenvalue weighted by Crippen LogP contribution is 2.39. The zero-order chi connectivity index (χ0) is 22.2. The van der Waals surface area contributed by atoms with Crippen molar-refractivity contribution in [1.29, 1.82) is 0 Å². The minimum atomic E-state index is -3.41. The molecule has 1 saturated heterocycles. The predicted molar refractivity (Wildman–Crippen MR) is 119 cm³/mol. The van der Waals surface area contributed by atoms with Gasteiger partial charge in [-0.1, -0.05) is 18.2 Å². The van der Waals surface area contributed by atoms with Crippen LogP contribution < -0.4 is 0 Å². The van der Waals surface area contributed by atoms with Crippen LogP contribution in [0.3, 0.4) is 0 Å². The van der Waals surface area contributed by atoms with Crippen molar-refractivity contribution in [3.63, 3.8) is 0 Å².